The van der Waals surface area contributed by atoms with Gasteiger partial charge < -0.3 is 9.42 Å². The van der Waals surface area contributed by atoms with Crippen molar-refractivity contribution in [3.05, 3.63) is 76.7 Å². The number of hydrogen-bond donors (Lipinski definition) is 0. The predicted molar refractivity (Wildman–Crippen MR) is 116 cm³/mol. The number of rotatable bonds is 4. The van der Waals surface area contributed by atoms with E-state index in [9.17, 15) is 9.18 Å². The molecule has 0 bridgehead atoms. The Balaban J connectivity index is 1.41. The molecule has 1 aliphatic heterocycles. The lowest BCUT2D eigenvalue weighted by atomic mass is 10.0. The summed E-state index contributed by atoms with van der Waals surface area (Å²) in [5.41, 5.74) is 4.87. The highest BCUT2D eigenvalue weighted by Crippen LogP contribution is 2.30. The summed E-state index contributed by atoms with van der Waals surface area (Å²) in [6, 6.07) is 14.3. The van der Waals surface area contributed by atoms with Crippen molar-refractivity contribution in [2.45, 2.75) is 26.3 Å². The van der Waals surface area contributed by atoms with E-state index in [0.717, 1.165) is 22.4 Å². The number of carbonyl (C=O) groups excluding carboxylic acids is 1. The molecule has 5 rings (SSSR count). The fourth-order valence-electron chi connectivity index (χ4n) is 4.04. The van der Waals surface area contributed by atoms with Gasteiger partial charge in [0, 0.05) is 37.8 Å². The van der Waals surface area contributed by atoms with Gasteiger partial charge in [0.15, 0.2) is 5.69 Å². The first-order valence-electron chi connectivity index (χ1n) is 10.5. The maximum Gasteiger partial charge on any atom is 0.279 e. The van der Waals surface area contributed by atoms with E-state index < -0.39 is 5.82 Å². The Morgan fingerprint density at radius 3 is 2.72 bits per heavy atom. The highest BCUT2D eigenvalue weighted by atomic mass is 19.1. The van der Waals surface area contributed by atoms with E-state index in [0.29, 0.717) is 31.6 Å². The summed E-state index contributed by atoms with van der Waals surface area (Å²) >= 11 is 0. The van der Waals surface area contributed by atoms with E-state index in [1.807, 2.05) is 43.1 Å². The van der Waals surface area contributed by atoms with Crippen molar-refractivity contribution in [1.29, 1.82) is 0 Å². The Morgan fingerprint density at radius 2 is 1.94 bits per heavy atom. The zero-order valence-electron chi connectivity index (χ0n) is 17.9. The van der Waals surface area contributed by atoms with E-state index in [4.69, 9.17) is 4.52 Å². The molecule has 8 heteroatoms. The molecule has 0 aliphatic carbocycles. The first kappa shape index (κ1) is 20.1. The summed E-state index contributed by atoms with van der Waals surface area (Å²) in [7, 11) is 1.86. The molecular formula is C24H22FN5O2. The van der Waals surface area contributed by atoms with Crippen molar-refractivity contribution >= 4 is 5.91 Å². The number of fused-ring (bicyclic) bond motifs is 1. The highest BCUT2D eigenvalue weighted by Gasteiger charge is 2.29. The molecule has 0 saturated heterocycles. The van der Waals surface area contributed by atoms with Crippen LogP contribution >= 0.6 is 0 Å². The van der Waals surface area contributed by atoms with Gasteiger partial charge in [-0.3, -0.25) is 9.48 Å². The maximum absolute atomic E-state index is 14.1. The van der Waals surface area contributed by atoms with Gasteiger partial charge in [0.05, 0.1) is 12.0 Å². The predicted octanol–water partition coefficient (Wildman–Crippen LogP) is 3.71. The van der Waals surface area contributed by atoms with Gasteiger partial charge in [-0.2, -0.15) is 10.1 Å². The van der Waals surface area contributed by atoms with Crippen LogP contribution in [0, 0.1) is 12.7 Å². The molecular weight excluding hydrogens is 409 g/mol. The van der Waals surface area contributed by atoms with Crippen molar-refractivity contribution in [3.63, 3.8) is 0 Å². The number of nitrogens with zero attached hydrogens (tertiary/aromatic N) is 5. The van der Waals surface area contributed by atoms with E-state index in [2.05, 4.69) is 15.2 Å². The van der Waals surface area contributed by atoms with Crippen LogP contribution in [0.4, 0.5) is 4.39 Å². The van der Waals surface area contributed by atoms with Gasteiger partial charge in [-0.15, -0.1) is 0 Å². The third-order valence-corrected chi connectivity index (χ3v) is 5.81. The van der Waals surface area contributed by atoms with Gasteiger partial charge in [-0.25, -0.2) is 4.39 Å². The molecule has 162 valence electrons. The molecule has 32 heavy (non-hydrogen) atoms. The van der Waals surface area contributed by atoms with Gasteiger partial charge in [0.2, 0.25) is 11.7 Å². The van der Waals surface area contributed by atoms with Crippen molar-refractivity contribution < 1.29 is 13.7 Å². The standard InChI is InChI=1S/C24H22FN5O2/c1-15-7-9-16(10-8-15)13-21(31)30-12-11-20-18(14-30)22(27-29(20)2)24-26-23(28-32-24)17-5-3-4-6-19(17)25/h3-10H,11-14H2,1-2H3. The monoisotopic (exact) mass is 431 g/mol. The van der Waals surface area contributed by atoms with Crippen LogP contribution in [0.15, 0.2) is 53.1 Å². The normalized spacial score (nSPS) is 13.3. The lowest BCUT2D eigenvalue weighted by Crippen LogP contribution is -2.37. The van der Waals surface area contributed by atoms with Crippen LogP contribution in [0.5, 0.6) is 0 Å². The minimum atomic E-state index is -0.421. The Kier molecular flexibility index (Phi) is 5.05. The summed E-state index contributed by atoms with van der Waals surface area (Å²) in [6.45, 7) is 3.07. The molecule has 0 radical (unpaired) electrons. The summed E-state index contributed by atoms with van der Waals surface area (Å²) in [5, 5.41) is 8.51. The quantitative estimate of drug-likeness (QED) is 0.492. The average Bonchev–Trinajstić information content (AvgIpc) is 3.40. The lowest BCUT2D eigenvalue weighted by Gasteiger charge is -2.27. The zero-order valence-corrected chi connectivity index (χ0v) is 17.9. The molecule has 0 saturated carbocycles. The molecule has 1 amide bonds. The summed E-state index contributed by atoms with van der Waals surface area (Å²) in [5.74, 6) is 0.0243. The van der Waals surface area contributed by atoms with Crippen LogP contribution in [0.25, 0.3) is 23.0 Å². The summed E-state index contributed by atoms with van der Waals surface area (Å²) in [4.78, 5) is 19.2. The van der Waals surface area contributed by atoms with E-state index in [1.165, 1.54) is 6.07 Å². The molecule has 0 spiro atoms. The van der Waals surface area contributed by atoms with Crippen molar-refractivity contribution in [2.75, 3.05) is 6.54 Å². The maximum atomic E-state index is 14.1. The van der Waals surface area contributed by atoms with Crippen molar-refractivity contribution in [3.8, 4) is 23.0 Å². The topological polar surface area (TPSA) is 77.1 Å². The van der Waals surface area contributed by atoms with Crippen molar-refractivity contribution in [2.24, 2.45) is 7.05 Å². The van der Waals surface area contributed by atoms with Crippen LogP contribution < -0.4 is 0 Å². The molecule has 4 aromatic rings. The number of halogens is 1. The molecule has 2 aromatic heterocycles. The minimum Gasteiger partial charge on any atom is -0.338 e. The fraction of sp³-hybridized carbons (Fsp3) is 0.250. The van der Waals surface area contributed by atoms with Crippen LogP contribution in [-0.2, 0) is 31.2 Å². The fourth-order valence-corrected chi connectivity index (χ4v) is 4.04. The van der Waals surface area contributed by atoms with Crippen LogP contribution in [-0.4, -0.2) is 37.3 Å². The Hall–Kier alpha value is -3.81. The molecule has 7 nitrogen and oxygen atoms in total. The smallest absolute Gasteiger partial charge is 0.279 e. The molecule has 2 aromatic carbocycles. The average molecular weight is 431 g/mol. The number of carbonyl (C=O) groups is 1. The second-order valence-electron chi connectivity index (χ2n) is 8.03. The third-order valence-electron chi connectivity index (χ3n) is 5.81. The van der Waals surface area contributed by atoms with Gasteiger partial charge in [-0.1, -0.05) is 47.1 Å². The van der Waals surface area contributed by atoms with Crippen LogP contribution in [0.2, 0.25) is 0 Å². The Bertz CT molecular complexity index is 1290. The number of aromatic nitrogens is 4. The number of hydrogen-bond acceptors (Lipinski definition) is 5. The van der Waals surface area contributed by atoms with E-state index in [-0.39, 0.29) is 23.2 Å². The number of aryl methyl sites for hydroxylation is 2. The van der Waals surface area contributed by atoms with Gasteiger partial charge in [0.25, 0.3) is 5.89 Å². The van der Waals surface area contributed by atoms with Crippen LogP contribution in [0.1, 0.15) is 22.4 Å². The highest BCUT2D eigenvalue weighted by molar-refractivity contribution is 5.79. The summed E-state index contributed by atoms with van der Waals surface area (Å²) < 4.78 is 21.3. The molecule has 0 fully saturated rings. The first-order valence-corrected chi connectivity index (χ1v) is 10.5. The van der Waals surface area contributed by atoms with Gasteiger partial charge in [0.1, 0.15) is 5.82 Å². The third kappa shape index (κ3) is 3.68. The van der Waals surface area contributed by atoms with E-state index in [1.54, 1.807) is 22.9 Å². The van der Waals surface area contributed by atoms with Gasteiger partial charge >= 0.3 is 0 Å². The number of amides is 1. The molecule has 3 heterocycles. The first-order chi connectivity index (χ1) is 15.5. The Morgan fingerprint density at radius 1 is 1.16 bits per heavy atom. The van der Waals surface area contributed by atoms with Gasteiger partial charge in [-0.05, 0) is 24.6 Å². The second-order valence-corrected chi connectivity index (χ2v) is 8.03. The SMILES string of the molecule is Cc1ccc(CC(=O)N2CCc3c(c(-c4nc(-c5ccccc5F)no4)nn3C)C2)cc1. The molecule has 0 unspecified atom stereocenters. The minimum absolute atomic E-state index is 0.0619. The largest absolute Gasteiger partial charge is 0.338 e. The molecule has 0 atom stereocenters. The Labute approximate surface area is 184 Å². The zero-order chi connectivity index (χ0) is 22.2. The lowest BCUT2D eigenvalue weighted by molar-refractivity contribution is -0.131. The summed E-state index contributed by atoms with van der Waals surface area (Å²) in [6.07, 6.45) is 1.04. The van der Waals surface area contributed by atoms with Crippen LogP contribution in [0.3, 0.4) is 0 Å². The molecule has 1 aliphatic rings. The second kappa shape index (κ2) is 8.03. The molecule has 0 N–H and O–H groups in total. The van der Waals surface area contributed by atoms with E-state index >= 15 is 0 Å². The number of benzene rings is 2. The van der Waals surface area contributed by atoms with Crippen molar-refractivity contribution in [1.82, 2.24) is 24.8 Å².